The molecule has 13 heavy (non-hydrogen) atoms. The Kier molecular flexibility index (Phi) is 5.24. The van der Waals surface area contributed by atoms with Gasteiger partial charge in [-0.3, -0.25) is 4.90 Å². The molecule has 0 aromatic carbocycles. The molecule has 1 aliphatic heterocycles. The Morgan fingerprint density at radius 2 is 2.46 bits per heavy atom. The van der Waals surface area contributed by atoms with E-state index in [1.54, 1.807) is 7.11 Å². The molecule has 2 atom stereocenters. The van der Waals surface area contributed by atoms with Crippen LogP contribution < -0.4 is 0 Å². The van der Waals surface area contributed by atoms with E-state index in [9.17, 15) is 0 Å². The Balaban J connectivity index is 2.25. The maximum absolute atomic E-state index is 5.54. The summed E-state index contributed by atoms with van der Waals surface area (Å²) in [7, 11) is 1.76. The van der Waals surface area contributed by atoms with E-state index in [2.05, 4.69) is 27.8 Å². The highest BCUT2D eigenvalue weighted by Gasteiger charge is 2.20. The normalized spacial score (nSPS) is 27.5. The molecule has 0 spiro atoms. The van der Waals surface area contributed by atoms with Crippen molar-refractivity contribution in [3.63, 3.8) is 0 Å². The lowest BCUT2D eigenvalue weighted by Gasteiger charge is -2.33. The number of halogens is 1. The van der Waals surface area contributed by atoms with E-state index in [0.29, 0.717) is 12.2 Å². The first-order valence-corrected chi connectivity index (χ1v) is 5.81. The maximum Gasteiger partial charge on any atom is 0.0799 e. The number of ether oxygens (including phenoxy) is 2. The smallest absolute Gasteiger partial charge is 0.0799 e. The van der Waals surface area contributed by atoms with E-state index in [0.717, 1.165) is 31.6 Å². The average molecular weight is 252 g/mol. The molecule has 1 heterocycles. The van der Waals surface area contributed by atoms with Gasteiger partial charge in [0.05, 0.1) is 18.8 Å². The topological polar surface area (TPSA) is 21.7 Å². The molecule has 0 aromatic rings. The lowest BCUT2D eigenvalue weighted by Crippen LogP contribution is -2.45. The van der Waals surface area contributed by atoms with Crippen LogP contribution in [0.2, 0.25) is 0 Å². The minimum Gasteiger partial charge on any atom is -0.380 e. The minimum atomic E-state index is 0.314. The van der Waals surface area contributed by atoms with Crippen LogP contribution in [0.25, 0.3) is 0 Å². The van der Waals surface area contributed by atoms with Crippen molar-refractivity contribution in [2.24, 2.45) is 0 Å². The van der Waals surface area contributed by atoms with Gasteiger partial charge in [0.1, 0.15) is 0 Å². The number of morpholine rings is 1. The molecule has 0 bridgehead atoms. The van der Waals surface area contributed by atoms with Crippen LogP contribution in [0.4, 0.5) is 0 Å². The number of alkyl halides is 1. The van der Waals surface area contributed by atoms with Gasteiger partial charge in [0.2, 0.25) is 0 Å². The van der Waals surface area contributed by atoms with Gasteiger partial charge in [-0.2, -0.15) is 0 Å². The molecule has 0 aliphatic carbocycles. The van der Waals surface area contributed by atoms with Crippen molar-refractivity contribution in [2.75, 3.05) is 38.7 Å². The maximum atomic E-state index is 5.54. The highest BCUT2D eigenvalue weighted by molar-refractivity contribution is 9.09. The van der Waals surface area contributed by atoms with E-state index in [1.165, 1.54) is 0 Å². The van der Waals surface area contributed by atoms with Crippen molar-refractivity contribution < 1.29 is 9.47 Å². The Bertz CT molecular complexity index is 144. The second-order valence-electron chi connectivity index (χ2n) is 3.45. The average Bonchev–Trinajstić information content (AvgIpc) is 2.18. The van der Waals surface area contributed by atoms with Crippen LogP contribution in [-0.2, 0) is 9.47 Å². The number of methoxy groups -OCH3 is 1. The van der Waals surface area contributed by atoms with Gasteiger partial charge in [-0.1, -0.05) is 15.9 Å². The molecule has 78 valence electrons. The molecule has 1 rings (SSSR count). The fourth-order valence-corrected chi connectivity index (χ4v) is 1.87. The van der Waals surface area contributed by atoms with Crippen LogP contribution in [0.5, 0.6) is 0 Å². The highest BCUT2D eigenvalue weighted by Crippen LogP contribution is 2.08. The van der Waals surface area contributed by atoms with Gasteiger partial charge in [-0.25, -0.2) is 0 Å². The molecule has 0 saturated carbocycles. The Morgan fingerprint density at radius 3 is 3.08 bits per heavy atom. The summed E-state index contributed by atoms with van der Waals surface area (Å²) in [6.45, 7) is 5.98. The number of rotatable bonds is 4. The first kappa shape index (κ1) is 11.4. The molecule has 2 unspecified atom stereocenters. The zero-order chi connectivity index (χ0) is 9.68. The van der Waals surface area contributed by atoms with E-state index in [-0.39, 0.29) is 0 Å². The van der Waals surface area contributed by atoms with Gasteiger partial charge in [-0.05, 0) is 6.92 Å². The van der Waals surface area contributed by atoms with E-state index in [1.807, 2.05) is 0 Å². The molecule has 3 nitrogen and oxygen atoms in total. The summed E-state index contributed by atoms with van der Waals surface area (Å²) in [5.41, 5.74) is 0. The van der Waals surface area contributed by atoms with Gasteiger partial charge in [-0.15, -0.1) is 0 Å². The molecule has 0 aromatic heterocycles. The molecule has 1 aliphatic rings. The van der Waals surface area contributed by atoms with Crippen molar-refractivity contribution >= 4 is 15.9 Å². The number of hydrogen-bond acceptors (Lipinski definition) is 3. The summed E-state index contributed by atoms with van der Waals surface area (Å²) in [4.78, 5) is 2.39. The third-order valence-electron chi connectivity index (χ3n) is 2.31. The number of hydrogen-bond donors (Lipinski definition) is 0. The summed E-state index contributed by atoms with van der Waals surface area (Å²) in [5, 5.41) is 0.921. The van der Waals surface area contributed by atoms with Gasteiger partial charge in [0.15, 0.2) is 0 Å². The van der Waals surface area contributed by atoms with Crippen molar-refractivity contribution in [1.82, 2.24) is 4.90 Å². The summed E-state index contributed by atoms with van der Waals surface area (Å²) < 4.78 is 10.8. The molecular weight excluding hydrogens is 234 g/mol. The van der Waals surface area contributed by atoms with E-state index < -0.39 is 0 Å². The summed E-state index contributed by atoms with van der Waals surface area (Å²) >= 11 is 3.44. The summed E-state index contributed by atoms with van der Waals surface area (Å²) in [6, 6.07) is 0. The van der Waals surface area contributed by atoms with Crippen molar-refractivity contribution in [1.29, 1.82) is 0 Å². The zero-order valence-corrected chi connectivity index (χ0v) is 9.92. The Morgan fingerprint density at radius 1 is 1.69 bits per heavy atom. The Labute approximate surface area is 88.5 Å². The lowest BCUT2D eigenvalue weighted by molar-refractivity contribution is -0.0319. The fraction of sp³-hybridized carbons (Fsp3) is 1.00. The zero-order valence-electron chi connectivity index (χ0n) is 8.33. The minimum absolute atomic E-state index is 0.314. The fourth-order valence-electron chi connectivity index (χ4n) is 1.48. The standard InChI is InChI=1S/C9H18BrNO2/c1-8(12-2)6-11-3-4-13-9(5-10)7-11/h8-9H,3-7H2,1-2H3. The second-order valence-corrected chi connectivity index (χ2v) is 4.10. The Hall–Kier alpha value is 0.360. The van der Waals surface area contributed by atoms with Gasteiger partial charge in [0, 0.05) is 32.1 Å². The van der Waals surface area contributed by atoms with Gasteiger partial charge < -0.3 is 9.47 Å². The van der Waals surface area contributed by atoms with Crippen LogP contribution in [0.1, 0.15) is 6.92 Å². The van der Waals surface area contributed by atoms with Crippen molar-refractivity contribution in [3.8, 4) is 0 Å². The number of nitrogens with zero attached hydrogens (tertiary/aromatic N) is 1. The van der Waals surface area contributed by atoms with E-state index in [4.69, 9.17) is 9.47 Å². The summed E-state index contributed by atoms with van der Waals surface area (Å²) in [5.74, 6) is 0. The van der Waals surface area contributed by atoms with Gasteiger partial charge in [0.25, 0.3) is 0 Å². The highest BCUT2D eigenvalue weighted by atomic mass is 79.9. The third-order valence-corrected chi connectivity index (χ3v) is 3.03. The molecule has 4 heteroatoms. The summed E-state index contributed by atoms with van der Waals surface area (Å²) in [6.07, 6.45) is 0.659. The van der Waals surface area contributed by atoms with Crippen molar-refractivity contribution in [2.45, 2.75) is 19.1 Å². The second kappa shape index (κ2) is 5.96. The van der Waals surface area contributed by atoms with Crippen LogP contribution >= 0.6 is 15.9 Å². The SMILES string of the molecule is COC(C)CN1CCOC(CBr)C1. The quantitative estimate of drug-likeness (QED) is 0.700. The largest absolute Gasteiger partial charge is 0.380 e. The lowest BCUT2D eigenvalue weighted by atomic mass is 10.2. The molecule has 1 fully saturated rings. The molecular formula is C9H18BrNO2. The predicted molar refractivity (Wildman–Crippen MR) is 56.4 cm³/mol. The molecule has 0 amide bonds. The van der Waals surface area contributed by atoms with Gasteiger partial charge >= 0.3 is 0 Å². The first-order chi connectivity index (χ1) is 6.26. The molecule has 0 N–H and O–H groups in total. The van der Waals surface area contributed by atoms with Crippen LogP contribution in [0.3, 0.4) is 0 Å². The third kappa shape index (κ3) is 3.94. The monoisotopic (exact) mass is 251 g/mol. The first-order valence-electron chi connectivity index (χ1n) is 4.69. The molecule has 0 radical (unpaired) electrons. The van der Waals surface area contributed by atoms with Crippen LogP contribution in [0.15, 0.2) is 0 Å². The molecule has 1 saturated heterocycles. The van der Waals surface area contributed by atoms with Crippen LogP contribution in [0, 0.1) is 0 Å². The van der Waals surface area contributed by atoms with E-state index >= 15 is 0 Å². The predicted octanol–water partition coefficient (Wildman–Crippen LogP) is 1.12. The van der Waals surface area contributed by atoms with Crippen LogP contribution in [-0.4, -0.2) is 55.8 Å². The van der Waals surface area contributed by atoms with Crippen molar-refractivity contribution in [3.05, 3.63) is 0 Å².